The molecule has 144 valence electrons. The third-order valence-electron chi connectivity index (χ3n) is 3.94. The molecule has 1 heterocycles. The molecule has 0 unspecified atom stereocenters. The summed E-state index contributed by atoms with van der Waals surface area (Å²) in [5, 5.41) is 20.4. The zero-order chi connectivity index (χ0) is 19.9. The van der Waals surface area contributed by atoms with Crippen LogP contribution in [0.3, 0.4) is 0 Å². The fraction of sp³-hybridized carbons (Fsp3) is 0.200. The molecule has 0 aromatic heterocycles. The minimum atomic E-state index is -0.362. The molecule has 1 aliphatic rings. The lowest BCUT2D eigenvalue weighted by molar-refractivity contribution is -0.118. The number of phenolic OH excluding ortho intramolecular Hbond substituents is 1. The topological polar surface area (TPSA) is 100 Å². The summed E-state index contributed by atoms with van der Waals surface area (Å²) in [6.07, 6.45) is 1.93. The minimum Gasteiger partial charge on any atom is -0.507 e. The Bertz CT molecular complexity index is 925. The number of benzene rings is 2. The lowest BCUT2D eigenvalue weighted by Gasteiger charge is -2.06. The number of carbonyl (C=O) groups is 2. The summed E-state index contributed by atoms with van der Waals surface area (Å²) in [4.78, 5) is 23.8. The van der Waals surface area contributed by atoms with Crippen LogP contribution in [0.25, 0.3) is 0 Å². The van der Waals surface area contributed by atoms with E-state index < -0.39 is 0 Å². The first-order valence-electron chi connectivity index (χ1n) is 8.69. The van der Waals surface area contributed by atoms with Gasteiger partial charge < -0.3 is 15.2 Å². The van der Waals surface area contributed by atoms with Gasteiger partial charge in [-0.1, -0.05) is 36.0 Å². The highest BCUT2D eigenvalue weighted by Crippen LogP contribution is 2.23. The Kier molecular flexibility index (Phi) is 6.44. The van der Waals surface area contributed by atoms with Crippen molar-refractivity contribution in [3.05, 3.63) is 65.2 Å². The molecule has 0 spiro atoms. The zero-order valence-electron chi connectivity index (χ0n) is 15.2. The molecule has 1 atom stereocenters. The summed E-state index contributed by atoms with van der Waals surface area (Å²) in [5.74, 6) is -0.395. The normalized spacial score (nSPS) is 17.8. The average molecular weight is 397 g/mol. The number of para-hydroxylation sites is 1. The molecule has 2 aromatic rings. The third-order valence-corrected chi connectivity index (χ3v) is 5.02. The molecule has 2 N–H and O–H groups in total. The number of amides is 1. The summed E-state index contributed by atoms with van der Waals surface area (Å²) in [5.41, 5.74) is 1.95. The van der Waals surface area contributed by atoms with E-state index in [9.17, 15) is 14.7 Å². The molecular formula is C20H19N3O4S. The van der Waals surface area contributed by atoms with Gasteiger partial charge in [0, 0.05) is 5.56 Å². The predicted octanol–water partition coefficient (Wildman–Crippen LogP) is 2.73. The van der Waals surface area contributed by atoms with Crippen molar-refractivity contribution in [2.24, 2.45) is 10.2 Å². The molecule has 28 heavy (non-hydrogen) atoms. The number of carbonyl (C=O) groups excluding carboxylic acids is 2. The van der Waals surface area contributed by atoms with E-state index >= 15 is 0 Å². The van der Waals surface area contributed by atoms with Gasteiger partial charge >= 0.3 is 5.97 Å². The molecule has 1 saturated heterocycles. The van der Waals surface area contributed by atoms with E-state index in [1.807, 2.05) is 12.1 Å². The summed E-state index contributed by atoms with van der Waals surface area (Å²) in [6, 6.07) is 13.8. The van der Waals surface area contributed by atoms with E-state index in [1.54, 1.807) is 43.3 Å². The Hall–Kier alpha value is -3.13. The van der Waals surface area contributed by atoms with Crippen molar-refractivity contribution < 1.29 is 19.4 Å². The predicted molar refractivity (Wildman–Crippen MR) is 109 cm³/mol. The van der Waals surface area contributed by atoms with Gasteiger partial charge in [-0.2, -0.15) is 5.10 Å². The number of ether oxygens (including phenoxy) is 1. The molecule has 0 radical (unpaired) electrons. The number of nitrogens with one attached hydrogen (secondary N) is 1. The quantitative estimate of drug-likeness (QED) is 0.443. The highest BCUT2D eigenvalue weighted by Gasteiger charge is 2.30. The lowest BCUT2D eigenvalue weighted by atomic mass is 10.1. The first kappa shape index (κ1) is 19.6. The van der Waals surface area contributed by atoms with Gasteiger partial charge in [0.2, 0.25) is 5.91 Å². The number of hydrogen-bond acceptors (Lipinski definition) is 7. The smallest absolute Gasteiger partial charge is 0.338 e. The van der Waals surface area contributed by atoms with E-state index in [0.717, 1.165) is 5.56 Å². The molecule has 2 aromatic carbocycles. The summed E-state index contributed by atoms with van der Waals surface area (Å²) >= 11 is 1.29. The van der Waals surface area contributed by atoms with E-state index in [2.05, 4.69) is 15.5 Å². The number of nitrogens with zero attached hydrogens (tertiary/aromatic N) is 2. The highest BCUT2D eigenvalue weighted by molar-refractivity contribution is 8.15. The van der Waals surface area contributed by atoms with Crippen molar-refractivity contribution in [2.75, 3.05) is 6.61 Å². The molecule has 8 heteroatoms. The average Bonchev–Trinajstić information content (AvgIpc) is 3.03. The number of thioether (sulfide) groups is 1. The molecule has 1 fully saturated rings. The second-order valence-electron chi connectivity index (χ2n) is 5.93. The van der Waals surface area contributed by atoms with Crippen LogP contribution in [0.1, 0.15) is 28.4 Å². The first-order chi connectivity index (χ1) is 13.6. The Labute approximate surface area is 166 Å². The van der Waals surface area contributed by atoms with E-state index in [4.69, 9.17) is 4.74 Å². The standard InChI is InChI=1S/C20H19N3O4S/c1-2-27-19(26)14-9-7-13(8-10-14)11-17-18(25)22-20(28-17)23-21-12-15-5-3-4-6-16(15)24/h3-10,12,17,24H,2,11H2,1H3,(H,22,23,25)/b21-12-/t17-/m0/s1. The van der Waals surface area contributed by atoms with Crippen molar-refractivity contribution in [3.8, 4) is 5.75 Å². The van der Waals surface area contributed by atoms with Crippen LogP contribution in [-0.2, 0) is 16.0 Å². The van der Waals surface area contributed by atoms with E-state index in [0.29, 0.717) is 29.3 Å². The Balaban J connectivity index is 1.60. The van der Waals surface area contributed by atoms with E-state index in [-0.39, 0.29) is 22.9 Å². The van der Waals surface area contributed by atoms with E-state index in [1.165, 1.54) is 18.0 Å². The number of amidine groups is 1. The van der Waals surface area contributed by atoms with Crippen LogP contribution >= 0.6 is 11.8 Å². The molecule has 0 aliphatic carbocycles. The molecule has 1 aliphatic heterocycles. The summed E-state index contributed by atoms with van der Waals surface area (Å²) < 4.78 is 4.96. The number of hydrogen-bond donors (Lipinski definition) is 2. The summed E-state index contributed by atoms with van der Waals surface area (Å²) in [6.45, 7) is 2.09. The van der Waals surface area contributed by atoms with Gasteiger partial charge in [-0.15, -0.1) is 5.10 Å². The highest BCUT2D eigenvalue weighted by atomic mass is 32.2. The Morgan fingerprint density at radius 2 is 2.00 bits per heavy atom. The maximum Gasteiger partial charge on any atom is 0.338 e. The van der Waals surface area contributed by atoms with Gasteiger partial charge in [0.15, 0.2) is 5.17 Å². The zero-order valence-corrected chi connectivity index (χ0v) is 16.0. The van der Waals surface area contributed by atoms with Crippen LogP contribution in [0.2, 0.25) is 0 Å². The second-order valence-corrected chi connectivity index (χ2v) is 7.12. The molecule has 7 nitrogen and oxygen atoms in total. The van der Waals surface area contributed by atoms with Crippen LogP contribution in [0.5, 0.6) is 5.75 Å². The van der Waals surface area contributed by atoms with Crippen LogP contribution < -0.4 is 5.32 Å². The van der Waals surface area contributed by atoms with Crippen molar-refractivity contribution in [3.63, 3.8) is 0 Å². The van der Waals surface area contributed by atoms with Crippen LogP contribution in [-0.4, -0.2) is 40.2 Å². The van der Waals surface area contributed by atoms with Gasteiger partial charge in [-0.3, -0.25) is 4.79 Å². The molecule has 0 saturated carbocycles. The fourth-order valence-electron chi connectivity index (χ4n) is 2.53. The first-order valence-corrected chi connectivity index (χ1v) is 9.57. The van der Waals surface area contributed by atoms with Gasteiger partial charge in [0.05, 0.1) is 23.6 Å². The maximum absolute atomic E-state index is 12.2. The van der Waals surface area contributed by atoms with Crippen molar-refractivity contribution in [1.82, 2.24) is 5.32 Å². The minimum absolute atomic E-state index is 0.110. The van der Waals surface area contributed by atoms with Gasteiger partial charge in [0.1, 0.15) is 5.75 Å². The monoisotopic (exact) mass is 397 g/mol. The SMILES string of the molecule is CCOC(=O)c1ccc(C[C@@H]2S/C(=N\N=C/c3ccccc3O)NC2=O)cc1. The van der Waals surface area contributed by atoms with Crippen molar-refractivity contribution in [1.29, 1.82) is 0 Å². The Morgan fingerprint density at radius 3 is 2.71 bits per heavy atom. The molecular weight excluding hydrogens is 378 g/mol. The van der Waals surface area contributed by atoms with Crippen LogP contribution in [0.4, 0.5) is 0 Å². The second kappa shape index (κ2) is 9.18. The molecule has 0 bridgehead atoms. The molecule has 3 rings (SSSR count). The van der Waals surface area contributed by atoms with Crippen molar-refractivity contribution in [2.45, 2.75) is 18.6 Å². The largest absolute Gasteiger partial charge is 0.507 e. The van der Waals surface area contributed by atoms with Crippen LogP contribution in [0.15, 0.2) is 58.7 Å². The third kappa shape index (κ3) is 4.98. The summed E-state index contributed by atoms with van der Waals surface area (Å²) in [7, 11) is 0. The number of rotatable bonds is 6. The fourth-order valence-corrected chi connectivity index (χ4v) is 3.50. The van der Waals surface area contributed by atoms with Crippen LogP contribution in [0, 0.1) is 0 Å². The number of esters is 1. The van der Waals surface area contributed by atoms with Crippen molar-refractivity contribution >= 4 is 35.0 Å². The number of aromatic hydroxyl groups is 1. The molecule has 1 amide bonds. The Morgan fingerprint density at radius 1 is 1.25 bits per heavy atom. The van der Waals surface area contributed by atoms with Gasteiger partial charge in [-0.05, 0) is 43.2 Å². The maximum atomic E-state index is 12.2. The van der Waals surface area contributed by atoms with Gasteiger partial charge in [-0.25, -0.2) is 4.79 Å². The number of phenols is 1. The lowest BCUT2D eigenvalue weighted by Crippen LogP contribution is -2.25. The van der Waals surface area contributed by atoms with Gasteiger partial charge in [0.25, 0.3) is 0 Å².